The molecule has 0 spiro atoms. The van der Waals surface area contributed by atoms with Crippen molar-refractivity contribution in [2.45, 2.75) is 0 Å². The minimum absolute atomic E-state index is 0. The Morgan fingerprint density at radius 3 is 1.57 bits per heavy atom. The van der Waals surface area contributed by atoms with Gasteiger partial charge in [0, 0.05) is 0 Å². The van der Waals surface area contributed by atoms with Gasteiger partial charge in [0.05, 0.1) is 0 Å². The summed E-state index contributed by atoms with van der Waals surface area (Å²) >= 11 is 0. The molecule has 7 heavy (non-hydrogen) atoms. The molecule has 0 unspecified atom stereocenters. The van der Waals surface area contributed by atoms with E-state index in [1.165, 1.54) is 0 Å². The van der Waals surface area contributed by atoms with Crippen molar-refractivity contribution in [1.82, 2.24) is 0 Å². The molecule has 0 amide bonds. The molecule has 0 saturated heterocycles. The zero-order valence-corrected chi connectivity index (χ0v) is 6.18. The van der Waals surface area contributed by atoms with Crippen LogP contribution in [0.5, 0.6) is 0 Å². The predicted octanol–water partition coefficient (Wildman–Crippen LogP) is -3.31. The Kier molecular flexibility index (Phi) is 37.5. The molecule has 0 rings (SSSR count). The molecule has 0 aromatic heterocycles. The molecular formula is C3H5NaO3. The fraction of sp³-hybridized carbons (Fsp3) is 0. The second-order valence-corrected chi connectivity index (χ2v) is 0.266. The quantitative estimate of drug-likeness (QED) is 0.263. The SMILES string of the molecule is C=C.O=C([O-])O.[Na+]. The topological polar surface area (TPSA) is 60.4 Å². The monoisotopic (exact) mass is 112 g/mol. The van der Waals surface area contributed by atoms with Gasteiger partial charge in [0.2, 0.25) is 6.16 Å². The van der Waals surface area contributed by atoms with Crippen LogP contribution in [0, 0.1) is 0 Å². The second-order valence-electron chi connectivity index (χ2n) is 0.266. The van der Waals surface area contributed by atoms with Crippen molar-refractivity contribution in [2.75, 3.05) is 0 Å². The summed E-state index contributed by atoms with van der Waals surface area (Å²) in [5.74, 6) is 0. The smallest absolute Gasteiger partial charge is 0.565 e. The number of rotatable bonds is 0. The van der Waals surface area contributed by atoms with E-state index in [9.17, 15) is 0 Å². The Balaban J connectivity index is -0.0000000480. The van der Waals surface area contributed by atoms with E-state index in [1.807, 2.05) is 0 Å². The minimum Gasteiger partial charge on any atom is -0.565 e. The van der Waals surface area contributed by atoms with Crippen LogP contribution in [0.3, 0.4) is 0 Å². The van der Waals surface area contributed by atoms with E-state index in [2.05, 4.69) is 13.2 Å². The Bertz CT molecular complexity index is 41.4. The molecule has 0 aliphatic heterocycles. The molecule has 0 bridgehead atoms. The van der Waals surface area contributed by atoms with E-state index in [0.29, 0.717) is 0 Å². The van der Waals surface area contributed by atoms with Gasteiger partial charge < -0.3 is 15.0 Å². The van der Waals surface area contributed by atoms with Gasteiger partial charge in [-0.3, -0.25) is 0 Å². The summed E-state index contributed by atoms with van der Waals surface area (Å²) in [5.41, 5.74) is 0. The molecule has 0 aromatic carbocycles. The van der Waals surface area contributed by atoms with Crippen LogP contribution < -0.4 is 34.7 Å². The van der Waals surface area contributed by atoms with Crippen LogP contribution in [0.4, 0.5) is 4.79 Å². The normalized spacial score (nSPS) is 4.00. The number of hydrogen-bond acceptors (Lipinski definition) is 2. The summed E-state index contributed by atoms with van der Waals surface area (Å²) in [4.78, 5) is 8.44. The van der Waals surface area contributed by atoms with Gasteiger partial charge in [0.25, 0.3) is 0 Å². The first-order valence-electron chi connectivity index (χ1n) is 1.13. The molecule has 0 aliphatic rings. The third-order valence-electron chi connectivity index (χ3n) is 0. The third kappa shape index (κ3) is 966000. The van der Waals surface area contributed by atoms with Crippen LogP contribution in [-0.4, -0.2) is 11.3 Å². The van der Waals surface area contributed by atoms with Crippen LogP contribution >= 0.6 is 0 Å². The maximum absolute atomic E-state index is 8.44. The van der Waals surface area contributed by atoms with E-state index in [0.717, 1.165) is 0 Å². The van der Waals surface area contributed by atoms with Gasteiger partial charge in [0.15, 0.2) is 0 Å². The number of carboxylic acid groups (broad SMARTS) is 2. The average molecular weight is 112 g/mol. The zero-order chi connectivity index (χ0) is 5.58. The summed E-state index contributed by atoms with van der Waals surface area (Å²) in [5, 5.41) is 15.3. The Labute approximate surface area is 63.9 Å². The summed E-state index contributed by atoms with van der Waals surface area (Å²) in [6.45, 7) is 6.00. The molecule has 4 heteroatoms. The first kappa shape index (κ1) is 15.7. The van der Waals surface area contributed by atoms with Gasteiger partial charge >= 0.3 is 29.6 Å². The van der Waals surface area contributed by atoms with E-state index in [1.54, 1.807) is 0 Å². The molecule has 0 aliphatic carbocycles. The van der Waals surface area contributed by atoms with Crippen LogP contribution in [0.2, 0.25) is 0 Å². The standard InChI is InChI=1S/C2H4.CH2O3.Na/c1-2;2-1(3)4;/h1-2H2;(H2,2,3,4);/q;;+1/p-1. The van der Waals surface area contributed by atoms with Gasteiger partial charge in [-0.15, -0.1) is 13.2 Å². The number of hydrogen-bond donors (Lipinski definition) is 1. The van der Waals surface area contributed by atoms with Gasteiger partial charge in [-0.25, -0.2) is 0 Å². The van der Waals surface area contributed by atoms with Crippen molar-refractivity contribution in [2.24, 2.45) is 0 Å². The Hall–Kier alpha value is 0.0100. The summed E-state index contributed by atoms with van der Waals surface area (Å²) < 4.78 is 0. The van der Waals surface area contributed by atoms with Crippen molar-refractivity contribution in [3.05, 3.63) is 13.2 Å². The molecular weight excluding hydrogens is 107 g/mol. The summed E-state index contributed by atoms with van der Waals surface area (Å²) in [6, 6.07) is 0. The van der Waals surface area contributed by atoms with Crippen LogP contribution in [0.1, 0.15) is 0 Å². The van der Waals surface area contributed by atoms with Crippen molar-refractivity contribution >= 4 is 6.16 Å². The van der Waals surface area contributed by atoms with Crippen molar-refractivity contribution in [3.63, 3.8) is 0 Å². The maximum Gasteiger partial charge on any atom is 1.00 e. The fourth-order valence-electron chi connectivity index (χ4n) is 0. The van der Waals surface area contributed by atoms with Crippen molar-refractivity contribution in [3.8, 4) is 0 Å². The van der Waals surface area contributed by atoms with Crippen molar-refractivity contribution in [1.29, 1.82) is 0 Å². The molecule has 0 atom stereocenters. The Morgan fingerprint density at radius 2 is 1.57 bits per heavy atom. The van der Waals surface area contributed by atoms with E-state index in [4.69, 9.17) is 15.0 Å². The van der Waals surface area contributed by atoms with E-state index >= 15 is 0 Å². The largest absolute Gasteiger partial charge is 1.00 e. The van der Waals surface area contributed by atoms with E-state index < -0.39 is 6.16 Å². The summed E-state index contributed by atoms with van der Waals surface area (Å²) in [7, 11) is 0. The number of carbonyl (C=O) groups is 1. The first-order valence-corrected chi connectivity index (χ1v) is 1.13. The molecule has 3 nitrogen and oxygen atoms in total. The maximum atomic E-state index is 8.44. The average Bonchev–Trinajstić information content (AvgIpc) is 1.41. The minimum atomic E-state index is -2.08. The summed E-state index contributed by atoms with van der Waals surface area (Å²) in [6.07, 6.45) is -2.08. The van der Waals surface area contributed by atoms with Crippen LogP contribution in [0.25, 0.3) is 0 Å². The molecule has 36 valence electrons. The van der Waals surface area contributed by atoms with Gasteiger partial charge in [-0.2, -0.15) is 0 Å². The molecule has 0 aromatic rings. The predicted molar refractivity (Wildman–Crippen MR) is 19.3 cm³/mol. The molecule has 0 radical (unpaired) electrons. The van der Waals surface area contributed by atoms with Gasteiger partial charge in [0.1, 0.15) is 0 Å². The molecule has 0 saturated carbocycles. The third-order valence-corrected chi connectivity index (χ3v) is 0. The first-order chi connectivity index (χ1) is 2.73. The molecule has 0 heterocycles. The second kappa shape index (κ2) is 16.7. The Morgan fingerprint density at radius 1 is 1.57 bits per heavy atom. The fourth-order valence-corrected chi connectivity index (χ4v) is 0. The van der Waals surface area contributed by atoms with Crippen LogP contribution in [-0.2, 0) is 0 Å². The van der Waals surface area contributed by atoms with Gasteiger partial charge in [-0.05, 0) is 0 Å². The molecule has 0 fully saturated rings. The molecule has 1 N–H and O–H groups in total. The van der Waals surface area contributed by atoms with E-state index in [-0.39, 0.29) is 29.6 Å². The van der Waals surface area contributed by atoms with Crippen molar-refractivity contribution < 1.29 is 44.6 Å². The zero-order valence-electron chi connectivity index (χ0n) is 4.18. The van der Waals surface area contributed by atoms with Crippen LogP contribution in [0.15, 0.2) is 13.2 Å². The van der Waals surface area contributed by atoms with Gasteiger partial charge in [-0.1, -0.05) is 0 Å².